The molecule has 1 aromatic carbocycles. The molecule has 0 bridgehead atoms. The van der Waals surface area contributed by atoms with Crippen LogP contribution in [0.5, 0.6) is 0 Å². The van der Waals surface area contributed by atoms with Crippen LogP contribution in [0.15, 0.2) is 29.8 Å². The third kappa shape index (κ3) is 3.49. The molecule has 0 aliphatic rings. The SMILES string of the molecule is CCOC(=O)C(C)c1ccc(Nc2nccs2)c(Cl)c1. The highest BCUT2D eigenvalue weighted by Gasteiger charge is 2.17. The van der Waals surface area contributed by atoms with Crippen molar-refractivity contribution in [2.24, 2.45) is 0 Å². The van der Waals surface area contributed by atoms with Crippen molar-refractivity contribution < 1.29 is 9.53 Å². The maximum atomic E-state index is 11.7. The maximum absolute atomic E-state index is 11.7. The Balaban J connectivity index is 2.15. The number of carbonyl (C=O) groups is 1. The first-order valence-electron chi connectivity index (χ1n) is 6.24. The minimum Gasteiger partial charge on any atom is -0.466 e. The molecule has 0 saturated heterocycles. The normalized spacial score (nSPS) is 11.9. The van der Waals surface area contributed by atoms with Crippen molar-refractivity contribution in [3.8, 4) is 0 Å². The number of benzene rings is 1. The van der Waals surface area contributed by atoms with Gasteiger partial charge in [0, 0.05) is 11.6 Å². The summed E-state index contributed by atoms with van der Waals surface area (Å²) in [5.41, 5.74) is 1.60. The minimum atomic E-state index is -0.332. The highest BCUT2D eigenvalue weighted by molar-refractivity contribution is 7.13. The highest BCUT2D eigenvalue weighted by atomic mass is 35.5. The average molecular weight is 311 g/mol. The molecule has 0 spiro atoms. The lowest BCUT2D eigenvalue weighted by Gasteiger charge is -2.13. The number of ether oxygens (including phenoxy) is 1. The number of aromatic nitrogens is 1. The fourth-order valence-corrected chi connectivity index (χ4v) is 2.48. The largest absolute Gasteiger partial charge is 0.466 e. The molecule has 1 atom stereocenters. The molecule has 1 N–H and O–H groups in total. The van der Waals surface area contributed by atoms with Crippen molar-refractivity contribution in [3.63, 3.8) is 0 Å². The van der Waals surface area contributed by atoms with Crippen LogP contribution in [0.25, 0.3) is 0 Å². The smallest absolute Gasteiger partial charge is 0.313 e. The third-order valence-electron chi connectivity index (χ3n) is 2.81. The number of rotatable bonds is 5. The van der Waals surface area contributed by atoms with Crippen LogP contribution in [-0.4, -0.2) is 17.6 Å². The van der Waals surface area contributed by atoms with Gasteiger partial charge in [-0.15, -0.1) is 11.3 Å². The second-order valence-electron chi connectivity index (χ2n) is 4.18. The maximum Gasteiger partial charge on any atom is 0.313 e. The molecule has 0 radical (unpaired) electrons. The van der Waals surface area contributed by atoms with Crippen LogP contribution in [0.1, 0.15) is 25.3 Å². The van der Waals surface area contributed by atoms with Gasteiger partial charge in [-0.25, -0.2) is 4.98 Å². The van der Waals surface area contributed by atoms with Gasteiger partial charge in [0.05, 0.1) is 23.2 Å². The summed E-state index contributed by atoms with van der Waals surface area (Å²) in [7, 11) is 0. The van der Waals surface area contributed by atoms with Gasteiger partial charge in [-0.3, -0.25) is 4.79 Å². The zero-order chi connectivity index (χ0) is 14.5. The lowest BCUT2D eigenvalue weighted by Crippen LogP contribution is -2.13. The van der Waals surface area contributed by atoms with E-state index in [0.29, 0.717) is 11.6 Å². The van der Waals surface area contributed by atoms with E-state index < -0.39 is 0 Å². The summed E-state index contributed by atoms with van der Waals surface area (Å²) in [5.74, 6) is -0.578. The third-order valence-corrected chi connectivity index (χ3v) is 3.81. The van der Waals surface area contributed by atoms with E-state index in [9.17, 15) is 4.79 Å². The second kappa shape index (κ2) is 6.72. The Morgan fingerprint density at radius 1 is 1.55 bits per heavy atom. The molecular weight excluding hydrogens is 296 g/mol. The Morgan fingerprint density at radius 2 is 2.35 bits per heavy atom. The standard InChI is InChI=1S/C14H15ClN2O2S/c1-3-19-13(18)9(2)10-4-5-12(11(15)8-10)17-14-16-6-7-20-14/h4-9H,3H2,1-2H3,(H,16,17). The summed E-state index contributed by atoms with van der Waals surface area (Å²) in [6, 6.07) is 5.48. The number of nitrogens with zero attached hydrogens (tertiary/aromatic N) is 1. The van der Waals surface area contributed by atoms with E-state index in [1.54, 1.807) is 26.1 Å². The number of carbonyl (C=O) groups excluding carboxylic acids is 1. The summed E-state index contributed by atoms with van der Waals surface area (Å²) in [6.45, 7) is 3.97. The Morgan fingerprint density at radius 3 is 2.95 bits per heavy atom. The van der Waals surface area contributed by atoms with Crippen molar-refractivity contribution in [1.82, 2.24) is 4.98 Å². The number of hydrogen-bond donors (Lipinski definition) is 1. The van der Waals surface area contributed by atoms with Gasteiger partial charge in [0.2, 0.25) is 0 Å². The van der Waals surface area contributed by atoms with Gasteiger partial charge in [0.15, 0.2) is 5.13 Å². The van der Waals surface area contributed by atoms with Crippen LogP contribution in [0, 0.1) is 0 Å². The summed E-state index contributed by atoms with van der Waals surface area (Å²) in [5, 5.41) is 6.34. The second-order valence-corrected chi connectivity index (χ2v) is 5.48. The number of hydrogen-bond acceptors (Lipinski definition) is 5. The Hall–Kier alpha value is -1.59. The number of thiazole rings is 1. The minimum absolute atomic E-state index is 0.246. The molecule has 1 aromatic heterocycles. The molecule has 1 heterocycles. The molecule has 0 fully saturated rings. The molecule has 0 amide bonds. The molecular formula is C14H15ClN2O2S. The van der Waals surface area contributed by atoms with Crippen molar-refractivity contribution >= 4 is 39.7 Å². The van der Waals surface area contributed by atoms with Crippen molar-refractivity contribution in [3.05, 3.63) is 40.4 Å². The van der Waals surface area contributed by atoms with Crippen LogP contribution in [0.3, 0.4) is 0 Å². The van der Waals surface area contributed by atoms with Gasteiger partial charge in [0.1, 0.15) is 0 Å². The summed E-state index contributed by atoms with van der Waals surface area (Å²) >= 11 is 7.73. The monoisotopic (exact) mass is 310 g/mol. The molecule has 20 heavy (non-hydrogen) atoms. The molecule has 106 valence electrons. The van der Waals surface area contributed by atoms with E-state index in [1.165, 1.54) is 11.3 Å². The molecule has 2 rings (SSSR count). The first kappa shape index (κ1) is 14.8. The first-order chi connectivity index (χ1) is 9.61. The molecule has 2 aromatic rings. The summed E-state index contributed by atoms with van der Waals surface area (Å²) in [6.07, 6.45) is 1.72. The first-order valence-corrected chi connectivity index (χ1v) is 7.50. The van der Waals surface area contributed by atoms with Gasteiger partial charge < -0.3 is 10.1 Å². The predicted molar refractivity (Wildman–Crippen MR) is 81.9 cm³/mol. The number of nitrogens with one attached hydrogen (secondary N) is 1. The van der Waals surface area contributed by atoms with Gasteiger partial charge >= 0.3 is 5.97 Å². The lowest BCUT2D eigenvalue weighted by atomic mass is 10.0. The fraction of sp³-hybridized carbons (Fsp3) is 0.286. The summed E-state index contributed by atoms with van der Waals surface area (Å²) < 4.78 is 5.01. The van der Waals surface area contributed by atoms with Gasteiger partial charge in [-0.1, -0.05) is 17.7 Å². The van der Waals surface area contributed by atoms with Crippen LogP contribution in [-0.2, 0) is 9.53 Å². The Kier molecular flexibility index (Phi) is 4.98. The van der Waals surface area contributed by atoms with Gasteiger partial charge in [-0.2, -0.15) is 0 Å². The average Bonchev–Trinajstić information content (AvgIpc) is 2.93. The topological polar surface area (TPSA) is 51.2 Å². The molecule has 1 unspecified atom stereocenters. The zero-order valence-corrected chi connectivity index (χ0v) is 12.8. The van der Waals surface area contributed by atoms with Crippen molar-refractivity contribution in [1.29, 1.82) is 0 Å². The van der Waals surface area contributed by atoms with Gasteiger partial charge in [-0.05, 0) is 31.5 Å². The van der Waals surface area contributed by atoms with E-state index in [1.807, 2.05) is 17.5 Å². The molecule has 4 nitrogen and oxygen atoms in total. The molecule has 0 aliphatic carbocycles. The fourth-order valence-electron chi connectivity index (χ4n) is 1.71. The number of anilines is 2. The Labute approximate surface area is 126 Å². The highest BCUT2D eigenvalue weighted by Crippen LogP contribution is 2.30. The van der Waals surface area contributed by atoms with Crippen molar-refractivity contribution in [2.45, 2.75) is 19.8 Å². The number of halogens is 1. The van der Waals surface area contributed by atoms with Crippen LogP contribution in [0.4, 0.5) is 10.8 Å². The molecule has 0 saturated carbocycles. The van der Waals surface area contributed by atoms with E-state index >= 15 is 0 Å². The van der Waals surface area contributed by atoms with Crippen LogP contribution >= 0.6 is 22.9 Å². The van der Waals surface area contributed by atoms with E-state index in [-0.39, 0.29) is 11.9 Å². The summed E-state index contributed by atoms with van der Waals surface area (Å²) in [4.78, 5) is 15.8. The lowest BCUT2D eigenvalue weighted by molar-refractivity contribution is -0.144. The zero-order valence-electron chi connectivity index (χ0n) is 11.2. The Bertz CT molecular complexity index is 587. The predicted octanol–water partition coefficient (Wildman–Crippen LogP) is 4.21. The van der Waals surface area contributed by atoms with Crippen LogP contribution in [0.2, 0.25) is 5.02 Å². The number of esters is 1. The molecule has 6 heteroatoms. The molecule has 0 aliphatic heterocycles. The van der Waals surface area contributed by atoms with E-state index in [4.69, 9.17) is 16.3 Å². The van der Waals surface area contributed by atoms with E-state index in [0.717, 1.165) is 16.4 Å². The quantitative estimate of drug-likeness (QED) is 0.841. The van der Waals surface area contributed by atoms with Gasteiger partial charge in [0.25, 0.3) is 0 Å². The van der Waals surface area contributed by atoms with Crippen molar-refractivity contribution in [2.75, 3.05) is 11.9 Å². The van der Waals surface area contributed by atoms with E-state index in [2.05, 4.69) is 10.3 Å². The van der Waals surface area contributed by atoms with Crippen LogP contribution < -0.4 is 5.32 Å².